The molecule has 2 atom stereocenters. The van der Waals surface area contributed by atoms with E-state index in [-0.39, 0.29) is 18.1 Å². The summed E-state index contributed by atoms with van der Waals surface area (Å²) in [7, 11) is 0. The zero-order valence-electron chi connectivity index (χ0n) is 12.3. The Bertz CT molecular complexity index is 422. The molecule has 4 heteroatoms. The highest BCUT2D eigenvalue weighted by molar-refractivity contribution is 5.85. The van der Waals surface area contributed by atoms with Gasteiger partial charge in [0.05, 0.1) is 12.8 Å². The molecular weight excluding hydrogens is 252 g/mol. The number of hydrogen-bond donors (Lipinski definition) is 1. The fourth-order valence-corrected chi connectivity index (χ4v) is 2.46. The Morgan fingerprint density at radius 2 is 2.00 bits per heavy atom. The lowest BCUT2D eigenvalue weighted by Gasteiger charge is -2.20. The maximum absolute atomic E-state index is 12.4. The van der Waals surface area contributed by atoms with Gasteiger partial charge in [0.2, 0.25) is 5.91 Å². The Hall–Kier alpha value is -1.39. The molecule has 0 bridgehead atoms. The van der Waals surface area contributed by atoms with Crippen molar-refractivity contribution >= 4 is 5.91 Å². The van der Waals surface area contributed by atoms with E-state index in [9.17, 15) is 4.79 Å². The summed E-state index contributed by atoms with van der Waals surface area (Å²) in [4.78, 5) is 14.3. The predicted molar refractivity (Wildman–Crippen MR) is 79.2 cm³/mol. The highest BCUT2D eigenvalue weighted by atomic mass is 16.5. The minimum absolute atomic E-state index is 0.0579. The number of benzene rings is 1. The molecule has 20 heavy (non-hydrogen) atoms. The Labute approximate surface area is 121 Å². The SMILES string of the molecule is CCCCOCCN1C(=O)C(c2ccccc2)NC1C. The van der Waals surface area contributed by atoms with Gasteiger partial charge >= 0.3 is 0 Å². The third-order valence-electron chi connectivity index (χ3n) is 3.66. The fraction of sp³-hybridized carbons (Fsp3) is 0.562. The van der Waals surface area contributed by atoms with Gasteiger partial charge in [-0.05, 0) is 18.9 Å². The second-order valence-corrected chi connectivity index (χ2v) is 5.18. The van der Waals surface area contributed by atoms with Crippen molar-refractivity contribution in [2.45, 2.75) is 38.9 Å². The monoisotopic (exact) mass is 276 g/mol. The highest BCUT2D eigenvalue weighted by Crippen LogP contribution is 2.23. The smallest absolute Gasteiger partial charge is 0.245 e. The number of nitrogens with one attached hydrogen (secondary N) is 1. The molecule has 1 saturated heterocycles. The first-order valence-electron chi connectivity index (χ1n) is 7.43. The minimum Gasteiger partial charge on any atom is -0.380 e. The minimum atomic E-state index is -0.221. The van der Waals surface area contributed by atoms with Gasteiger partial charge in [-0.3, -0.25) is 10.1 Å². The Balaban J connectivity index is 1.87. The van der Waals surface area contributed by atoms with Crippen LogP contribution in [0.15, 0.2) is 30.3 Å². The first-order chi connectivity index (χ1) is 9.74. The molecule has 2 rings (SSSR count). The van der Waals surface area contributed by atoms with Crippen molar-refractivity contribution < 1.29 is 9.53 Å². The molecule has 1 heterocycles. The topological polar surface area (TPSA) is 41.6 Å². The predicted octanol–water partition coefficient (Wildman–Crippen LogP) is 2.32. The molecule has 1 aromatic carbocycles. The average Bonchev–Trinajstić information content (AvgIpc) is 2.75. The van der Waals surface area contributed by atoms with Gasteiger partial charge in [-0.25, -0.2) is 0 Å². The van der Waals surface area contributed by atoms with E-state index in [1.165, 1.54) is 0 Å². The Morgan fingerprint density at radius 1 is 1.25 bits per heavy atom. The molecule has 0 aliphatic carbocycles. The number of amides is 1. The van der Waals surface area contributed by atoms with Crippen LogP contribution in [0, 0.1) is 0 Å². The zero-order chi connectivity index (χ0) is 14.4. The van der Waals surface area contributed by atoms with E-state index >= 15 is 0 Å². The quantitative estimate of drug-likeness (QED) is 0.777. The Kier molecular flexibility index (Phi) is 5.56. The maximum atomic E-state index is 12.4. The lowest BCUT2D eigenvalue weighted by atomic mass is 10.1. The number of nitrogens with zero attached hydrogens (tertiary/aromatic N) is 1. The molecule has 0 saturated carbocycles. The van der Waals surface area contributed by atoms with E-state index in [0.29, 0.717) is 13.2 Å². The molecule has 1 fully saturated rings. The van der Waals surface area contributed by atoms with Gasteiger partial charge in [-0.1, -0.05) is 43.7 Å². The molecule has 0 spiro atoms. The van der Waals surface area contributed by atoms with Crippen LogP contribution < -0.4 is 5.32 Å². The first kappa shape index (κ1) is 15.0. The van der Waals surface area contributed by atoms with Gasteiger partial charge in [0.15, 0.2) is 0 Å². The number of carbonyl (C=O) groups excluding carboxylic acids is 1. The van der Waals surface area contributed by atoms with E-state index in [2.05, 4.69) is 12.2 Å². The number of unbranched alkanes of at least 4 members (excludes halogenated alkanes) is 1. The number of rotatable bonds is 7. The summed E-state index contributed by atoms with van der Waals surface area (Å²) < 4.78 is 5.55. The van der Waals surface area contributed by atoms with Crippen molar-refractivity contribution in [1.82, 2.24) is 10.2 Å². The van der Waals surface area contributed by atoms with E-state index in [4.69, 9.17) is 4.74 Å². The van der Waals surface area contributed by atoms with Crippen molar-refractivity contribution in [2.24, 2.45) is 0 Å². The maximum Gasteiger partial charge on any atom is 0.245 e. The lowest BCUT2D eigenvalue weighted by molar-refractivity contribution is -0.130. The fourth-order valence-electron chi connectivity index (χ4n) is 2.46. The van der Waals surface area contributed by atoms with Gasteiger partial charge < -0.3 is 9.64 Å². The van der Waals surface area contributed by atoms with Gasteiger partial charge in [0, 0.05) is 13.2 Å². The second kappa shape index (κ2) is 7.41. The molecule has 4 nitrogen and oxygen atoms in total. The number of ether oxygens (including phenoxy) is 1. The molecule has 1 aliphatic heterocycles. The molecule has 1 amide bonds. The highest BCUT2D eigenvalue weighted by Gasteiger charge is 2.36. The number of hydrogen-bond acceptors (Lipinski definition) is 3. The van der Waals surface area contributed by atoms with Gasteiger partial charge in [-0.2, -0.15) is 0 Å². The van der Waals surface area contributed by atoms with E-state index in [0.717, 1.165) is 25.0 Å². The Morgan fingerprint density at radius 3 is 2.70 bits per heavy atom. The van der Waals surface area contributed by atoms with Crippen LogP contribution in [0.5, 0.6) is 0 Å². The third-order valence-corrected chi connectivity index (χ3v) is 3.66. The molecule has 1 aliphatic rings. The van der Waals surface area contributed by atoms with Crippen molar-refractivity contribution in [1.29, 1.82) is 0 Å². The van der Waals surface area contributed by atoms with Gasteiger partial charge in [-0.15, -0.1) is 0 Å². The molecule has 1 N–H and O–H groups in total. The second-order valence-electron chi connectivity index (χ2n) is 5.18. The molecule has 1 aromatic rings. The lowest BCUT2D eigenvalue weighted by Crippen LogP contribution is -2.37. The van der Waals surface area contributed by atoms with Crippen LogP contribution in [-0.4, -0.2) is 36.7 Å². The summed E-state index contributed by atoms with van der Waals surface area (Å²) in [6.07, 6.45) is 2.27. The van der Waals surface area contributed by atoms with Crippen LogP contribution in [-0.2, 0) is 9.53 Å². The van der Waals surface area contributed by atoms with Crippen LogP contribution in [0.4, 0.5) is 0 Å². The molecule has 110 valence electrons. The molecule has 0 aromatic heterocycles. The first-order valence-corrected chi connectivity index (χ1v) is 7.43. The summed E-state index contributed by atoms with van der Waals surface area (Å²) in [5.74, 6) is 0.141. The summed E-state index contributed by atoms with van der Waals surface area (Å²) in [5.41, 5.74) is 1.03. The van der Waals surface area contributed by atoms with Gasteiger partial charge in [0.1, 0.15) is 6.04 Å². The molecule has 0 radical (unpaired) electrons. The van der Waals surface area contributed by atoms with Crippen molar-refractivity contribution in [3.63, 3.8) is 0 Å². The van der Waals surface area contributed by atoms with E-state index < -0.39 is 0 Å². The van der Waals surface area contributed by atoms with Crippen molar-refractivity contribution in [3.05, 3.63) is 35.9 Å². The standard InChI is InChI=1S/C16H24N2O2/c1-3-4-11-20-12-10-18-13(2)17-15(16(18)19)14-8-6-5-7-9-14/h5-9,13,15,17H,3-4,10-12H2,1-2H3. The summed E-state index contributed by atoms with van der Waals surface area (Å²) in [5, 5.41) is 3.34. The zero-order valence-corrected chi connectivity index (χ0v) is 12.3. The number of carbonyl (C=O) groups is 1. The van der Waals surface area contributed by atoms with E-state index in [1.54, 1.807) is 0 Å². The molecular formula is C16H24N2O2. The molecule has 2 unspecified atom stereocenters. The van der Waals surface area contributed by atoms with E-state index in [1.807, 2.05) is 42.2 Å². The third kappa shape index (κ3) is 3.58. The largest absolute Gasteiger partial charge is 0.380 e. The normalized spacial score (nSPS) is 22.5. The van der Waals surface area contributed by atoms with Crippen LogP contribution in [0.2, 0.25) is 0 Å². The average molecular weight is 276 g/mol. The summed E-state index contributed by atoms with van der Waals surface area (Å²) in [6, 6.07) is 9.65. The van der Waals surface area contributed by atoms with Gasteiger partial charge in [0.25, 0.3) is 0 Å². The van der Waals surface area contributed by atoms with Crippen LogP contribution in [0.25, 0.3) is 0 Å². The van der Waals surface area contributed by atoms with Crippen molar-refractivity contribution in [3.8, 4) is 0 Å². The van der Waals surface area contributed by atoms with Crippen LogP contribution in [0.3, 0.4) is 0 Å². The van der Waals surface area contributed by atoms with Crippen LogP contribution >= 0.6 is 0 Å². The summed E-state index contributed by atoms with van der Waals surface area (Å²) in [6.45, 7) is 6.21. The van der Waals surface area contributed by atoms with Crippen molar-refractivity contribution in [2.75, 3.05) is 19.8 Å². The summed E-state index contributed by atoms with van der Waals surface area (Å²) >= 11 is 0. The van der Waals surface area contributed by atoms with Crippen LogP contribution in [0.1, 0.15) is 38.3 Å².